The monoisotopic (exact) mass is 309 g/mol. The lowest BCUT2D eigenvalue weighted by Gasteiger charge is -2.35. The van der Waals surface area contributed by atoms with Crippen molar-refractivity contribution in [1.29, 1.82) is 5.26 Å². The summed E-state index contributed by atoms with van der Waals surface area (Å²) in [7, 11) is 0. The molecule has 0 bridgehead atoms. The standard InChI is InChI=1S/C15H17ClFN3O/c1-2-10-3-5-15(9-18,6-4-10)20-14(21)12-7-11(17)8-19-13(12)16/h7-8,10H,2-6H2,1H3,(H,20,21). The number of nitrogens with one attached hydrogen (secondary N) is 1. The molecule has 0 aromatic carbocycles. The minimum Gasteiger partial charge on any atom is -0.334 e. The van der Waals surface area contributed by atoms with Gasteiger partial charge in [0, 0.05) is 0 Å². The summed E-state index contributed by atoms with van der Waals surface area (Å²) in [5, 5.41) is 12.1. The first-order valence-electron chi connectivity index (χ1n) is 7.04. The first-order chi connectivity index (χ1) is 9.99. The summed E-state index contributed by atoms with van der Waals surface area (Å²) in [6.07, 6.45) is 5.04. The van der Waals surface area contributed by atoms with Crippen molar-refractivity contribution in [3.8, 4) is 6.07 Å². The van der Waals surface area contributed by atoms with E-state index in [1.54, 1.807) is 0 Å². The zero-order chi connectivity index (χ0) is 15.5. The Bertz CT molecular complexity index is 577. The van der Waals surface area contributed by atoms with Crippen molar-refractivity contribution in [3.05, 3.63) is 28.8 Å². The van der Waals surface area contributed by atoms with Gasteiger partial charge in [0.25, 0.3) is 5.91 Å². The predicted molar refractivity (Wildman–Crippen MR) is 77.3 cm³/mol. The average molecular weight is 310 g/mol. The molecule has 21 heavy (non-hydrogen) atoms. The van der Waals surface area contributed by atoms with Crippen molar-refractivity contribution in [2.24, 2.45) is 5.92 Å². The molecule has 0 unspecified atom stereocenters. The zero-order valence-corrected chi connectivity index (χ0v) is 12.6. The molecule has 1 heterocycles. The summed E-state index contributed by atoms with van der Waals surface area (Å²) in [6.45, 7) is 2.13. The van der Waals surface area contributed by atoms with Gasteiger partial charge >= 0.3 is 0 Å². The third-order valence-electron chi connectivity index (χ3n) is 4.15. The van der Waals surface area contributed by atoms with Crippen molar-refractivity contribution in [2.75, 3.05) is 0 Å². The minimum absolute atomic E-state index is 0.0380. The van der Waals surface area contributed by atoms with Crippen molar-refractivity contribution in [1.82, 2.24) is 10.3 Å². The Morgan fingerprint density at radius 1 is 1.62 bits per heavy atom. The van der Waals surface area contributed by atoms with Gasteiger partial charge in [0.05, 0.1) is 17.8 Å². The molecule has 4 nitrogen and oxygen atoms in total. The highest BCUT2D eigenvalue weighted by molar-refractivity contribution is 6.32. The smallest absolute Gasteiger partial charge is 0.255 e. The van der Waals surface area contributed by atoms with E-state index >= 15 is 0 Å². The number of hydrogen-bond acceptors (Lipinski definition) is 3. The maximum atomic E-state index is 13.2. The van der Waals surface area contributed by atoms with Gasteiger partial charge in [-0.15, -0.1) is 0 Å². The zero-order valence-electron chi connectivity index (χ0n) is 11.8. The molecule has 1 aromatic heterocycles. The first kappa shape index (κ1) is 15.7. The van der Waals surface area contributed by atoms with E-state index in [-0.39, 0.29) is 10.7 Å². The Hall–Kier alpha value is -1.67. The molecule has 2 rings (SSSR count). The van der Waals surface area contributed by atoms with Gasteiger partial charge in [-0.25, -0.2) is 9.37 Å². The highest BCUT2D eigenvalue weighted by atomic mass is 35.5. The summed E-state index contributed by atoms with van der Waals surface area (Å²) in [6, 6.07) is 3.24. The fourth-order valence-electron chi connectivity index (χ4n) is 2.71. The van der Waals surface area contributed by atoms with Gasteiger partial charge in [0.2, 0.25) is 0 Å². The van der Waals surface area contributed by atoms with E-state index in [0.717, 1.165) is 31.5 Å². The number of hydrogen-bond donors (Lipinski definition) is 1. The number of nitriles is 1. The molecule has 6 heteroatoms. The lowest BCUT2D eigenvalue weighted by molar-refractivity contribution is 0.0890. The maximum absolute atomic E-state index is 13.2. The predicted octanol–water partition coefficient (Wildman–Crippen LogP) is 3.47. The Kier molecular flexibility index (Phi) is 4.79. The van der Waals surface area contributed by atoms with Gasteiger partial charge in [-0.3, -0.25) is 4.79 Å². The van der Waals surface area contributed by atoms with Crippen molar-refractivity contribution in [3.63, 3.8) is 0 Å². The Morgan fingerprint density at radius 2 is 2.29 bits per heavy atom. The third kappa shape index (κ3) is 3.51. The molecule has 1 aliphatic rings. The summed E-state index contributed by atoms with van der Waals surface area (Å²) >= 11 is 5.82. The topological polar surface area (TPSA) is 65.8 Å². The SMILES string of the molecule is CCC1CCC(C#N)(NC(=O)c2cc(F)cnc2Cl)CC1. The maximum Gasteiger partial charge on any atom is 0.255 e. The quantitative estimate of drug-likeness (QED) is 0.869. The molecule has 1 saturated carbocycles. The second kappa shape index (κ2) is 6.40. The van der Waals surface area contributed by atoms with Crippen LogP contribution < -0.4 is 5.32 Å². The molecular formula is C15H17ClFN3O. The van der Waals surface area contributed by atoms with E-state index in [9.17, 15) is 14.4 Å². The van der Waals surface area contributed by atoms with E-state index in [1.165, 1.54) is 0 Å². The van der Waals surface area contributed by atoms with Crippen LogP contribution in [0.15, 0.2) is 12.3 Å². The number of pyridine rings is 1. The number of aromatic nitrogens is 1. The van der Waals surface area contributed by atoms with E-state index in [4.69, 9.17) is 11.6 Å². The summed E-state index contributed by atoms with van der Waals surface area (Å²) in [5.74, 6) is -0.587. The van der Waals surface area contributed by atoms with Crippen molar-refractivity contribution in [2.45, 2.75) is 44.6 Å². The Labute approximate surface area is 128 Å². The lowest BCUT2D eigenvalue weighted by Crippen LogP contribution is -2.49. The Morgan fingerprint density at radius 3 is 2.86 bits per heavy atom. The summed E-state index contributed by atoms with van der Waals surface area (Å²) in [5.41, 5.74) is -0.929. The van der Waals surface area contributed by atoms with Crippen molar-refractivity contribution < 1.29 is 9.18 Å². The minimum atomic E-state index is -0.890. The molecule has 0 saturated heterocycles. The molecule has 1 N–H and O–H groups in total. The molecule has 0 atom stereocenters. The van der Waals surface area contributed by atoms with Crippen molar-refractivity contribution >= 4 is 17.5 Å². The van der Waals surface area contributed by atoms with Crippen LogP contribution in [-0.4, -0.2) is 16.4 Å². The van der Waals surface area contributed by atoms with Crippen LogP contribution >= 0.6 is 11.6 Å². The van der Waals surface area contributed by atoms with Gasteiger partial charge in [0.1, 0.15) is 16.5 Å². The van der Waals surface area contributed by atoms with Crippen LogP contribution in [0, 0.1) is 23.1 Å². The lowest BCUT2D eigenvalue weighted by atomic mass is 9.76. The van der Waals surface area contributed by atoms with E-state index in [1.807, 2.05) is 0 Å². The number of carbonyl (C=O) groups is 1. The van der Waals surface area contributed by atoms with Crippen LogP contribution in [0.4, 0.5) is 4.39 Å². The van der Waals surface area contributed by atoms with Crippen LogP contribution in [0.1, 0.15) is 49.4 Å². The molecule has 1 aromatic rings. The molecule has 0 aliphatic heterocycles. The van der Waals surface area contributed by atoms with E-state index in [2.05, 4.69) is 23.3 Å². The van der Waals surface area contributed by atoms with Crippen LogP contribution in [0.5, 0.6) is 0 Å². The Balaban J connectivity index is 2.14. The van der Waals surface area contributed by atoms with Gasteiger partial charge in [-0.1, -0.05) is 24.9 Å². The fraction of sp³-hybridized carbons (Fsp3) is 0.533. The molecule has 112 valence electrons. The fourth-order valence-corrected chi connectivity index (χ4v) is 2.90. The van der Waals surface area contributed by atoms with Crippen LogP contribution in [0.3, 0.4) is 0 Å². The molecule has 1 amide bonds. The molecule has 0 spiro atoms. The number of carbonyl (C=O) groups excluding carboxylic acids is 1. The highest BCUT2D eigenvalue weighted by Gasteiger charge is 2.37. The summed E-state index contributed by atoms with van der Waals surface area (Å²) in [4.78, 5) is 15.9. The molecule has 1 aliphatic carbocycles. The van der Waals surface area contributed by atoms with E-state index < -0.39 is 17.3 Å². The normalized spacial score (nSPS) is 25.1. The number of halogens is 2. The number of rotatable bonds is 3. The van der Waals surface area contributed by atoms with Gasteiger partial charge in [-0.05, 0) is 37.7 Å². The molecular weight excluding hydrogens is 293 g/mol. The third-order valence-corrected chi connectivity index (χ3v) is 4.45. The average Bonchev–Trinajstić information content (AvgIpc) is 2.50. The summed E-state index contributed by atoms with van der Waals surface area (Å²) < 4.78 is 13.2. The first-order valence-corrected chi connectivity index (χ1v) is 7.42. The second-order valence-electron chi connectivity index (χ2n) is 5.49. The van der Waals surface area contributed by atoms with Gasteiger partial charge in [0.15, 0.2) is 0 Å². The van der Waals surface area contributed by atoms with Crippen LogP contribution in [0.2, 0.25) is 5.15 Å². The number of nitrogens with zero attached hydrogens (tertiary/aromatic N) is 2. The van der Waals surface area contributed by atoms with Gasteiger partial charge < -0.3 is 5.32 Å². The molecule has 1 fully saturated rings. The largest absolute Gasteiger partial charge is 0.334 e. The van der Waals surface area contributed by atoms with Gasteiger partial charge in [-0.2, -0.15) is 5.26 Å². The van der Waals surface area contributed by atoms with Crippen LogP contribution in [0.25, 0.3) is 0 Å². The number of amides is 1. The van der Waals surface area contributed by atoms with E-state index in [0.29, 0.717) is 18.8 Å². The second-order valence-corrected chi connectivity index (χ2v) is 5.85. The highest BCUT2D eigenvalue weighted by Crippen LogP contribution is 2.33. The molecule has 0 radical (unpaired) electrons. The van der Waals surface area contributed by atoms with Crippen LogP contribution in [-0.2, 0) is 0 Å².